The van der Waals surface area contributed by atoms with E-state index in [1.165, 1.54) is 12.1 Å². The van der Waals surface area contributed by atoms with Crippen LogP contribution in [-0.4, -0.2) is 78.6 Å². The number of aromatic amines is 1. The molecule has 10 heteroatoms. The van der Waals surface area contributed by atoms with Gasteiger partial charge in [-0.2, -0.15) is 5.10 Å². The highest BCUT2D eigenvalue weighted by atomic mass is 19.1. The molecule has 47 heavy (non-hydrogen) atoms. The van der Waals surface area contributed by atoms with Gasteiger partial charge in [0.1, 0.15) is 11.6 Å². The molecule has 2 fully saturated rings. The van der Waals surface area contributed by atoms with Crippen molar-refractivity contribution < 1.29 is 19.0 Å². The summed E-state index contributed by atoms with van der Waals surface area (Å²) in [5.74, 6) is 0.0419. The Morgan fingerprint density at radius 2 is 1.79 bits per heavy atom. The molecule has 0 spiro atoms. The molecule has 9 nitrogen and oxygen atoms in total. The average Bonchev–Trinajstić information content (AvgIpc) is 3.46. The number of ether oxygens (including phenoxy) is 1. The van der Waals surface area contributed by atoms with Crippen molar-refractivity contribution in [3.63, 3.8) is 0 Å². The molecule has 5 aromatic rings. The van der Waals surface area contributed by atoms with E-state index in [2.05, 4.69) is 43.7 Å². The first-order valence-corrected chi connectivity index (χ1v) is 16.2. The Hall–Kier alpha value is -4.93. The number of anilines is 3. The molecule has 4 N–H and O–H groups in total. The van der Waals surface area contributed by atoms with Crippen LogP contribution in [0.3, 0.4) is 0 Å². The fourth-order valence-electron chi connectivity index (χ4n) is 6.48. The van der Waals surface area contributed by atoms with E-state index in [4.69, 9.17) is 4.74 Å². The fraction of sp³-hybridized carbons (Fsp3) is 0.297. The summed E-state index contributed by atoms with van der Waals surface area (Å²) in [5, 5.41) is 25.0. The molecular weight excluding hydrogens is 595 g/mol. The van der Waals surface area contributed by atoms with E-state index in [0.717, 1.165) is 83.6 Å². The zero-order valence-corrected chi connectivity index (χ0v) is 26.4. The van der Waals surface area contributed by atoms with Gasteiger partial charge in [-0.3, -0.25) is 9.89 Å². The zero-order valence-electron chi connectivity index (χ0n) is 26.4. The first-order valence-electron chi connectivity index (χ1n) is 16.2. The number of phenols is 1. The first kappa shape index (κ1) is 30.7. The molecule has 2 aliphatic rings. The Balaban J connectivity index is 1.22. The molecule has 3 heterocycles. The van der Waals surface area contributed by atoms with E-state index in [-0.39, 0.29) is 23.5 Å². The van der Waals surface area contributed by atoms with Crippen LogP contribution in [0.1, 0.15) is 34.3 Å². The summed E-state index contributed by atoms with van der Waals surface area (Å²) in [4.78, 5) is 18.7. The molecule has 2 aliphatic heterocycles. The summed E-state index contributed by atoms with van der Waals surface area (Å²) in [6, 6.07) is 23.8. The summed E-state index contributed by atoms with van der Waals surface area (Å²) in [5.41, 5.74) is 6.77. The molecular formula is C37H39FN6O3. The fourth-order valence-corrected chi connectivity index (χ4v) is 6.48. The van der Waals surface area contributed by atoms with Gasteiger partial charge in [0.25, 0.3) is 5.91 Å². The molecule has 0 bridgehead atoms. The highest BCUT2D eigenvalue weighted by molar-refractivity contribution is 6.11. The number of amides is 1. The number of halogens is 1. The lowest BCUT2D eigenvalue weighted by molar-refractivity contribution is 0.0904. The van der Waals surface area contributed by atoms with Gasteiger partial charge in [-0.1, -0.05) is 24.3 Å². The number of benzene rings is 4. The maximum atomic E-state index is 14.1. The summed E-state index contributed by atoms with van der Waals surface area (Å²) in [7, 11) is 2.14. The topological polar surface area (TPSA) is 106 Å². The number of aromatic hydroxyl groups is 1. The highest BCUT2D eigenvalue weighted by Crippen LogP contribution is 2.34. The van der Waals surface area contributed by atoms with Crippen molar-refractivity contribution in [1.82, 2.24) is 15.1 Å². The quantitative estimate of drug-likeness (QED) is 0.160. The van der Waals surface area contributed by atoms with E-state index in [1.807, 2.05) is 42.5 Å². The molecule has 1 amide bonds. The average molecular weight is 635 g/mol. The largest absolute Gasteiger partial charge is 0.508 e. The van der Waals surface area contributed by atoms with Crippen molar-refractivity contribution in [3.05, 3.63) is 101 Å². The van der Waals surface area contributed by atoms with Crippen LogP contribution in [0.15, 0.2) is 78.9 Å². The molecule has 242 valence electrons. The lowest BCUT2D eigenvalue weighted by Crippen LogP contribution is -2.44. The Kier molecular flexibility index (Phi) is 8.78. The number of aromatic nitrogens is 2. The molecule has 0 atom stereocenters. The van der Waals surface area contributed by atoms with Crippen LogP contribution in [0.2, 0.25) is 0 Å². The van der Waals surface area contributed by atoms with E-state index in [1.54, 1.807) is 18.2 Å². The number of H-pyrrole nitrogens is 1. The van der Waals surface area contributed by atoms with Crippen molar-refractivity contribution in [3.8, 4) is 16.9 Å². The summed E-state index contributed by atoms with van der Waals surface area (Å²) >= 11 is 0. The summed E-state index contributed by atoms with van der Waals surface area (Å²) in [6.07, 6.45) is 2.22. The Bertz CT molecular complexity index is 1880. The minimum Gasteiger partial charge on any atom is -0.508 e. The minimum absolute atomic E-state index is 0.176. The monoisotopic (exact) mass is 634 g/mol. The molecule has 0 unspecified atom stereocenters. The number of hydrogen-bond donors (Lipinski definition) is 4. The third-order valence-corrected chi connectivity index (χ3v) is 9.18. The Morgan fingerprint density at radius 1 is 1.00 bits per heavy atom. The summed E-state index contributed by atoms with van der Waals surface area (Å²) in [6.45, 7) is 5.24. The van der Waals surface area contributed by atoms with Gasteiger partial charge in [0, 0.05) is 62.2 Å². The molecule has 4 aromatic carbocycles. The van der Waals surface area contributed by atoms with Gasteiger partial charge in [-0.05, 0) is 103 Å². The van der Waals surface area contributed by atoms with Gasteiger partial charge >= 0.3 is 0 Å². The molecule has 1 aromatic heterocycles. The van der Waals surface area contributed by atoms with Crippen LogP contribution >= 0.6 is 0 Å². The van der Waals surface area contributed by atoms with E-state index >= 15 is 0 Å². The molecule has 0 radical (unpaired) electrons. The lowest BCUT2D eigenvalue weighted by atomic mass is 9.93. The number of fused-ring (bicyclic) bond motifs is 1. The minimum atomic E-state index is -0.296. The predicted octanol–water partition coefficient (Wildman–Crippen LogP) is 6.26. The summed E-state index contributed by atoms with van der Waals surface area (Å²) < 4.78 is 19.7. The van der Waals surface area contributed by atoms with Crippen molar-refractivity contribution in [2.45, 2.75) is 25.3 Å². The van der Waals surface area contributed by atoms with Crippen molar-refractivity contribution >= 4 is 34.0 Å². The second-order valence-electron chi connectivity index (χ2n) is 12.5. The van der Waals surface area contributed by atoms with Gasteiger partial charge in [0.2, 0.25) is 0 Å². The molecule has 7 rings (SSSR count). The van der Waals surface area contributed by atoms with Crippen LogP contribution in [-0.2, 0) is 11.2 Å². The normalized spacial score (nSPS) is 16.0. The van der Waals surface area contributed by atoms with Crippen LogP contribution in [0.5, 0.6) is 5.75 Å². The number of phenolic OH excluding ortho intramolecular Hbond substituents is 1. The van der Waals surface area contributed by atoms with Crippen LogP contribution < -0.4 is 15.5 Å². The number of likely N-dealkylation sites (N-methyl/N-ethyl adjacent to an activating group) is 1. The SMILES string of the molecule is CN1CCN(c2ccc(C(=O)Nc3n[nH]c4cc(-c5ccc(O)cc5)c(Cc5cccc(F)c5)cc34)c(NC3CCOCC3)c2)CC1. The predicted molar refractivity (Wildman–Crippen MR) is 184 cm³/mol. The standard InChI is InChI=1S/C37H39FN6O3/c1-43-13-15-44(16-14-43)29-7-10-31(34(22-29)39-28-11-17-47-18-12-28)37(46)40-36-33-21-26(19-24-3-2-4-27(38)20-24)32(23-35(33)41-42-36)25-5-8-30(45)9-6-25/h2-10,20-23,28,39,45H,11-19H2,1H3,(H2,40,41,42,46). The van der Waals surface area contributed by atoms with Gasteiger partial charge in [-0.15, -0.1) is 0 Å². The Labute approximate surface area is 273 Å². The molecule has 0 saturated carbocycles. The number of carbonyl (C=O) groups excluding carboxylic acids is 1. The van der Waals surface area contributed by atoms with Crippen molar-refractivity contribution in [2.24, 2.45) is 0 Å². The third kappa shape index (κ3) is 6.94. The zero-order chi connectivity index (χ0) is 32.3. The molecule has 2 saturated heterocycles. The number of hydrogen-bond acceptors (Lipinski definition) is 7. The number of carbonyl (C=O) groups is 1. The van der Waals surface area contributed by atoms with Gasteiger partial charge in [0.05, 0.1) is 11.1 Å². The smallest absolute Gasteiger partial charge is 0.258 e. The van der Waals surface area contributed by atoms with E-state index in [9.17, 15) is 14.3 Å². The van der Waals surface area contributed by atoms with Gasteiger partial charge in [-0.25, -0.2) is 4.39 Å². The number of rotatable bonds is 8. The Morgan fingerprint density at radius 3 is 2.55 bits per heavy atom. The highest BCUT2D eigenvalue weighted by Gasteiger charge is 2.22. The van der Waals surface area contributed by atoms with Crippen molar-refractivity contribution in [1.29, 1.82) is 0 Å². The third-order valence-electron chi connectivity index (χ3n) is 9.18. The maximum Gasteiger partial charge on any atom is 0.258 e. The first-order chi connectivity index (χ1) is 22.9. The number of nitrogens with zero attached hydrogens (tertiary/aromatic N) is 3. The van der Waals surface area contributed by atoms with E-state index in [0.29, 0.717) is 31.0 Å². The number of piperazine rings is 1. The van der Waals surface area contributed by atoms with Crippen LogP contribution in [0, 0.1) is 5.82 Å². The van der Waals surface area contributed by atoms with Crippen LogP contribution in [0.4, 0.5) is 21.6 Å². The van der Waals surface area contributed by atoms with Crippen LogP contribution in [0.25, 0.3) is 22.0 Å². The van der Waals surface area contributed by atoms with Crippen molar-refractivity contribution in [2.75, 3.05) is 62.0 Å². The van der Waals surface area contributed by atoms with Gasteiger partial charge in [0.15, 0.2) is 5.82 Å². The number of nitrogens with one attached hydrogen (secondary N) is 3. The maximum absolute atomic E-state index is 14.1. The second-order valence-corrected chi connectivity index (χ2v) is 12.5. The second kappa shape index (κ2) is 13.4. The van der Waals surface area contributed by atoms with Gasteiger partial charge < -0.3 is 30.3 Å². The lowest BCUT2D eigenvalue weighted by Gasteiger charge is -2.34. The van der Waals surface area contributed by atoms with E-state index < -0.39 is 0 Å². The molecule has 0 aliphatic carbocycles.